The number of carbonyl (C=O) groups is 1. The number of anilines is 2. The highest BCUT2D eigenvalue weighted by molar-refractivity contribution is 6.30. The summed E-state index contributed by atoms with van der Waals surface area (Å²) in [6.45, 7) is 3.97. The first-order valence-electron chi connectivity index (χ1n) is 7.55. The molecule has 0 unspecified atom stereocenters. The zero-order valence-corrected chi connectivity index (χ0v) is 14.1. The van der Waals surface area contributed by atoms with Crippen LogP contribution in [0.5, 0.6) is 0 Å². The first-order valence-corrected chi connectivity index (χ1v) is 7.93. The lowest BCUT2D eigenvalue weighted by Crippen LogP contribution is -2.11. The maximum atomic E-state index is 12.0. The van der Waals surface area contributed by atoms with Crippen molar-refractivity contribution in [1.29, 1.82) is 0 Å². The zero-order valence-electron chi connectivity index (χ0n) is 13.3. The fraction of sp³-hybridized carbons (Fsp3) is 0.167. The van der Waals surface area contributed by atoms with Gasteiger partial charge in [0.1, 0.15) is 5.82 Å². The van der Waals surface area contributed by atoms with Crippen molar-refractivity contribution in [2.24, 2.45) is 0 Å². The minimum atomic E-state index is -0.542. The number of nitrogens with zero attached hydrogens (tertiary/aromatic N) is 2. The molecule has 0 bridgehead atoms. The maximum Gasteiger partial charge on any atom is 0.376 e. The van der Waals surface area contributed by atoms with Gasteiger partial charge in [-0.3, -0.25) is 0 Å². The average molecular weight is 342 g/mol. The number of hydrogen-bond donors (Lipinski definition) is 1. The zero-order chi connectivity index (χ0) is 17.1. The second-order valence-electron chi connectivity index (χ2n) is 5.22. The van der Waals surface area contributed by atoms with E-state index in [9.17, 15) is 4.79 Å². The summed E-state index contributed by atoms with van der Waals surface area (Å²) >= 11 is 6.00. The third-order valence-electron chi connectivity index (χ3n) is 3.50. The maximum absolute atomic E-state index is 12.0. The van der Waals surface area contributed by atoms with Crippen molar-refractivity contribution < 1.29 is 9.53 Å². The van der Waals surface area contributed by atoms with Crippen LogP contribution in [0, 0.1) is 6.92 Å². The predicted octanol–water partition coefficient (Wildman–Crippen LogP) is 4.51. The number of rotatable bonds is 4. The summed E-state index contributed by atoms with van der Waals surface area (Å²) in [5.74, 6) is 0.0397. The molecule has 3 rings (SSSR count). The molecule has 0 aliphatic heterocycles. The number of carbonyl (C=O) groups excluding carboxylic acids is 1. The van der Waals surface area contributed by atoms with Gasteiger partial charge in [0.25, 0.3) is 0 Å². The number of ether oxygens (including phenoxy) is 1. The lowest BCUT2D eigenvalue weighted by Gasteiger charge is -2.12. The number of aromatic nitrogens is 2. The van der Waals surface area contributed by atoms with Gasteiger partial charge in [-0.15, -0.1) is 0 Å². The van der Waals surface area contributed by atoms with Crippen molar-refractivity contribution in [1.82, 2.24) is 9.97 Å². The number of esters is 1. The minimum Gasteiger partial charge on any atom is -0.460 e. The lowest BCUT2D eigenvalue weighted by atomic mass is 10.2. The van der Waals surface area contributed by atoms with Crippen LogP contribution in [0.25, 0.3) is 10.9 Å². The third kappa shape index (κ3) is 3.31. The van der Waals surface area contributed by atoms with E-state index in [0.717, 1.165) is 16.6 Å². The van der Waals surface area contributed by atoms with Crippen LogP contribution in [-0.2, 0) is 4.74 Å². The molecule has 0 atom stereocenters. The summed E-state index contributed by atoms with van der Waals surface area (Å²) in [5.41, 5.74) is 2.51. The highest BCUT2D eigenvalue weighted by atomic mass is 35.5. The van der Waals surface area contributed by atoms with Crippen LogP contribution < -0.4 is 5.32 Å². The van der Waals surface area contributed by atoms with Crippen molar-refractivity contribution >= 4 is 40.0 Å². The molecule has 0 aliphatic rings. The van der Waals surface area contributed by atoms with Gasteiger partial charge in [0.05, 0.1) is 12.1 Å². The fourth-order valence-corrected chi connectivity index (χ4v) is 2.58. The highest BCUT2D eigenvalue weighted by Crippen LogP contribution is 2.27. The second kappa shape index (κ2) is 6.84. The minimum absolute atomic E-state index is 0.0321. The number of benzene rings is 2. The smallest absolute Gasteiger partial charge is 0.376 e. The van der Waals surface area contributed by atoms with Gasteiger partial charge < -0.3 is 10.1 Å². The molecule has 1 aromatic heterocycles. The van der Waals surface area contributed by atoms with Crippen LogP contribution in [0.3, 0.4) is 0 Å². The van der Waals surface area contributed by atoms with Crippen molar-refractivity contribution in [2.75, 3.05) is 11.9 Å². The van der Waals surface area contributed by atoms with Gasteiger partial charge in [-0.2, -0.15) is 0 Å². The molecular formula is C18H16ClN3O2. The summed E-state index contributed by atoms with van der Waals surface area (Å²) in [7, 11) is 0. The Kier molecular flexibility index (Phi) is 4.62. The predicted molar refractivity (Wildman–Crippen MR) is 95.0 cm³/mol. The van der Waals surface area contributed by atoms with Crippen LogP contribution in [0.2, 0.25) is 5.02 Å². The number of halogens is 1. The molecule has 0 fully saturated rings. The molecule has 5 nitrogen and oxygen atoms in total. The SMILES string of the molecule is CCOC(=O)c1nc(Nc2ccc(Cl)cc2C)c2ccccc2n1. The topological polar surface area (TPSA) is 64.1 Å². The van der Waals surface area contributed by atoms with E-state index in [1.807, 2.05) is 43.3 Å². The van der Waals surface area contributed by atoms with Crippen molar-refractivity contribution in [3.05, 3.63) is 58.9 Å². The van der Waals surface area contributed by atoms with Crippen molar-refractivity contribution in [3.63, 3.8) is 0 Å². The van der Waals surface area contributed by atoms with E-state index in [1.165, 1.54) is 0 Å². The molecule has 0 aliphatic carbocycles. The first-order chi connectivity index (χ1) is 11.6. The van der Waals surface area contributed by atoms with Gasteiger partial charge in [0.2, 0.25) is 5.82 Å². The van der Waals surface area contributed by atoms with E-state index in [1.54, 1.807) is 13.0 Å². The molecule has 2 aromatic carbocycles. The molecule has 122 valence electrons. The highest BCUT2D eigenvalue weighted by Gasteiger charge is 2.15. The van der Waals surface area contributed by atoms with Gasteiger partial charge in [0, 0.05) is 16.1 Å². The van der Waals surface area contributed by atoms with Gasteiger partial charge in [-0.1, -0.05) is 23.7 Å². The molecule has 0 spiro atoms. The standard InChI is InChI=1S/C18H16ClN3O2/c1-3-24-18(23)17-21-15-7-5-4-6-13(15)16(22-17)20-14-9-8-12(19)10-11(14)2/h4-10H,3H2,1-2H3,(H,20,21,22). The Bertz CT molecular complexity index is 912. The van der Waals surface area contributed by atoms with E-state index < -0.39 is 5.97 Å². The second-order valence-corrected chi connectivity index (χ2v) is 5.65. The van der Waals surface area contributed by atoms with Crippen molar-refractivity contribution in [3.8, 4) is 0 Å². The van der Waals surface area contributed by atoms with Crippen LogP contribution in [-0.4, -0.2) is 22.5 Å². The molecule has 6 heteroatoms. The van der Waals surface area contributed by atoms with Gasteiger partial charge in [0.15, 0.2) is 0 Å². The Balaban J connectivity index is 2.09. The molecule has 0 radical (unpaired) electrons. The normalized spacial score (nSPS) is 10.6. The number of para-hydroxylation sites is 1. The number of nitrogens with one attached hydrogen (secondary N) is 1. The Morgan fingerprint density at radius 1 is 1.21 bits per heavy atom. The van der Waals surface area contributed by atoms with Gasteiger partial charge >= 0.3 is 5.97 Å². The summed E-state index contributed by atoms with van der Waals surface area (Å²) < 4.78 is 5.01. The van der Waals surface area contributed by atoms with Crippen LogP contribution in [0.1, 0.15) is 23.1 Å². The van der Waals surface area contributed by atoms with E-state index >= 15 is 0 Å². The van der Waals surface area contributed by atoms with Gasteiger partial charge in [-0.25, -0.2) is 14.8 Å². The van der Waals surface area contributed by atoms with Crippen LogP contribution >= 0.6 is 11.6 Å². The third-order valence-corrected chi connectivity index (χ3v) is 3.74. The largest absolute Gasteiger partial charge is 0.460 e. The molecule has 3 aromatic rings. The Hall–Kier alpha value is -2.66. The molecule has 24 heavy (non-hydrogen) atoms. The van der Waals surface area contributed by atoms with E-state index in [4.69, 9.17) is 16.3 Å². The molecule has 0 saturated carbocycles. The summed E-state index contributed by atoms with van der Waals surface area (Å²) in [5, 5.41) is 4.75. The molecule has 1 heterocycles. The number of hydrogen-bond acceptors (Lipinski definition) is 5. The van der Waals surface area contributed by atoms with E-state index in [2.05, 4.69) is 15.3 Å². The molecule has 1 N–H and O–H groups in total. The molecule has 0 amide bonds. The number of fused-ring (bicyclic) bond motifs is 1. The Morgan fingerprint density at radius 3 is 2.75 bits per heavy atom. The Morgan fingerprint density at radius 2 is 2.00 bits per heavy atom. The summed E-state index contributed by atoms with van der Waals surface area (Å²) in [4.78, 5) is 20.6. The van der Waals surface area contributed by atoms with E-state index in [0.29, 0.717) is 16.4 Å². The lowest BCUT2D eigenvalue weighted by molar-refractivity contribution is 0.0512. The van der Waals surface area contributed by atoms with Crippen LogP contribution in [0.4, 0.5) is 11.5 Å². The molecule has 0 saturated heterocycles. The quantitative estimate of drug-likeness (QED) is 0.707. The summed E-state index contributed by atoms with van der Waals surface area (Å²) in [6.07, 6.45) is 0. The molecular weight excluding hydrogens is 326 g/mol. The van der Waals surface area contributed by atoms with Gasteiger partial charge in [-0.05, 0) is 49.7 Å². The monoisotopic (exact) mass is 341 g/mol. The van der Waals surface area contributed by atoms with Crippen molar-refractivity contribution in [2.45, 2.75) is 13.8 Å². The summed E-state index contributed by atoms with van der Waals surface area (Å²) in [6, 6.07) is 13.0. The average Bonchev–Trinajstić information content (AvgIpc) is 2.57. The first kappa shape index (κ1) is 16.2. The fourth-order valence-electron chi connectivity index (χ4n) is 2.35. The number of aryl methyl sites for hydroxylation is 1. The van der Waals surface area contributed by atoms with Crippen LogP contribution in [0.15, 0.2) is 42.5 Å². The Labute approximate surface area is 144 Å². The van der Waals surface area contributed by atoms with E-state index in [-0.39, 0.29) is 12.4 Å².